The molecule has 2 nitrogen and oxygen atoms in total. The summed E-state index contributed by atoms with van der Waals surface area (Å²) in [5, 5.41) is 3.40. The highest BCUT2D eigenvalue weighted by molar-refractivity contribution is 4.81. The zero-order valence-electron chi connectivity index (χ0n) is 11.7. The van der Waals surface area contributed by atoms with Crippen LogP contribution >= 0.6 is 0 Å². The maximum Gasteiger partial charge on any atom is 0.0249 e. The second-order valence-electron chi connectivity index (χ2n) is 6.00. The van der Waals surface area contributed by atoms with Gasteiger partial charge < -0.3 is 10.2 Å². The van der Waals surface area contributed by atoms with Crippen LogP contribution in [0, 0.1) is 5.92 Å². The molecule has 1 N–H and O–H groups in total. The van der Waals surface area contributed by atoms with Crippen molar-refractivity contribution in [3.63, 3.8) is 0 Å². The van der Waals surface area contributed by atoms with Crippen LogP contribution in [0.25, 0.3) is 0 Å². The average molecular weight is 226 g/mol. The van der Waals surface area contributed by atoms with Gasteiger partial charge in [0.1, 0.15) is 0 Å². The molecule has 1 heterocycles. The lowest BCUT2D eigenvalue weighted by atomic mass is 9.96. The fourth-order valence-electron chi connectivity index (χ4n) is 2.72. The van der Waals surface area contributed by atoms with Crippen molar-refractivity contribution >= 4 is 0 Å². The van der Waals surface area contributed by atoms with Gasteiger partial charge >= 0.3 is 0 Å². The third kappa shape index (κ3) is 4.84. The summed E-state index contributed by atoms with van der Waals surface area (Å²) in [4.78, 5) is 2.64. The van der Waals surface area contributed by atoms with E-state index in [0.29, 0.717) is 0 Å². The van der Waals surface area contributed by atoms with Crippen LogP contribution in [0.3, 0.4) is 0 Å². The summed E-state index contributed by atoms with van der Waals surface area (Å²) < 4.78 is 0. The van der Waals surface area contributed by atoms with Crippen molar-refractivity contribution in [3.05, 3.63) is 0 Å². The Morgan fingerprint density at radius 3 is 2.62 bits per heavy atom. The Balaban J connectivity index is 2.35. The zero-order chi connectivity index (χ0) is 12.0. The highest BCUT2D eigenvalue weighted by Gasteiger charge is 2.22. The van der Waals surface area contributed by atoms with E-state index in [9.17, 15) is 0 Å². The van der Waals surface area contributed by atoms with Crippen molar-refractivity contribution in [2.75, 3.05) is 26.7 Å². The molecule has 1 aliphatic heterocycles. The molecule has 0 radical (unpaired) electrons. The lowest BCUT2D eigenvalue weighted by Crippen LogP contribution is -2.47. The van der Waals surface area contributed by atoms with E-state index in [0.717, 1.165) is 5.92 Å². The molecular formula is C14H30N2. The molecule has 0 amide bonds. The minimum Gasteiger partial charge on any atom is -0.314 e. The van der Waals surface area contributed by atoms with E-state index in [4.69, 9.17) is 0 Å². The first-order chi connectivity index (χ1) is 7.57. The predicted octanol–water partition coefficient (Wildman–Crippen LogP) is 2.89. The number of hydrogen-bond acceptors (Lipinski definition) is 2. The van der Waals surface area contributed by atoms with E-state index >= 15 is 0 Å². The minimum atomic E-state index is 0.255. The van der Waals surface area contributed by atoms with Crippen LogP contribution in [-0.2, 0) is 0 Å². The molecule has 2 heteroatoms. The van der Waals surface area contributed by atoms with Gasteiger partial charge in [-0.3, -0.25) is 0 Å². The van der Waals surface area contributed by atoms with Gasteiger partial charge in [0.05, 0.1) is 0 Å². The lowest BCUT2D eigenvalue weighted by Gasteiger charge is -2.31. The summed E-state index contributed by atoms with van der Waals surface area (Å²) in [6.45, 7) is 10.7. The molecule has 0 bridgehead atoms. The van der Waals surface area contributed by atoms with Gasteiger partial charge in [-0.2, -0.15) is 0 Å². The first-order valence-electron chi connectivity index (χ1n) is 6.98. The van der Waals surface area contributed by atoms with Gasteiger partial charge in [-0.05, 0) is 59.2 Å². The van der Waals surface area contributed by atoms with Crippen molar-refractivity contribution in [1.29, 1.82) is 0 Å². The summed E-state index contributed by atoms with van der Waals surface area (Å²) >= 11 is 0. The van der Waals surface area contributed by atoms with Crippen molar-refractivity contribution in [2.45, 2.75) is 58.4 Å². The van der Waals surface area contributed by atoms with E-state index in [2.05, 4.69) is 38.0 Å². The van der Waals surface area contributed by atoms with Crippen LogP contribution in [0.2, 0.25) is 0 Å². The van der Waals surface area contributed by atoms with E-state index in [1.807, 2.05) is 0 Å². The molecule has 1 fully saturated rings. The molecule has 1 saturated heterocycles. The van der Waals surface area contributed by atoms with Crippen LogP contribution in [-0.4, -0.2) is 37.1 Å². The molecule has 1 aliphatic rings. The average Bonchev–Trinajstić information content (AvgIpc) is 2.44. The van der Waals surface area contributed by atoms with Gasteiger partial charge in [-0.25, -0.2) is 0 Å². The van der Waals surface area contributed by atoms with Gasteiger partial charge in [-0.1, -0.05) is 19.8 Å². The molecule has 1 unspecified atom stereocenters. The molecule has 1 rings (SSSR count). The largest absolute Gasteiger partial charge is 0.314 e. The van der Waals surface area contributed by atoms with E-state index in [1.54, 1.807) is 0 Å². The maximum absolute atomic E-state index is 3.40. The SMILES string of the molecule is CCCC1CCCN(CC(C)(C)NC)CC1. The van der Waals surface area contributed by atoms with Crippen LogP contribution in [0.1, 0.15) is 52.9 Å². The molecule has 0 aromatic carbocycles. The number of nitrogens with one attached hydrogen (secondary N) is 1. The third-order valence-corrected chi connectivity index (χ3v) is 3.93. The van der Waals surface area contributed by atoms with Gasteiger partial charge in [0, 0.05) is 12.1 Å². The Morgan fingerprint density at radius 2 is 2.00 bits per heavy atom. The second-order valence-corrected chi connectivity index (χ2v) is 6.00. The van der Waals surface area contributed by atoms with E-state index in [-0.39, 0.29) is 5.54 Å². The van der Waals surface area contributed by atoms with Gasteiger partial charge in [0.2, 0.25) is 0 Å². The van der Waals surface area contributed by atoms with Crippen molar-refractivity contribution < 1.29 is 0 Å². The number of likely N-dealkylation sites (N-methyl/N-ethyl adjacent to an activating group) is 1. The number of likely N-dealkylation sites (tertiary alicyclic amines) is 1. The van der Waals surface area contributed by atoms with Crippen molar-refractivity contribution in [1.82, 2.24) is 10.2 Å². The van der Waals surface area contributed by atoms with Gasteiger partial charge in [0.15, 0.2) is 0 Å². The highest BCUT2D eigenvalue weighted by atomic mass is 15.2. The normalized spacial score (nSPS) is 24.4. The number of hydrogen-bond donors (Lipinski definition) is 1. The van der Waals surface area contributed by atoms with Crippen LogP contribution in [0.15, 0.2) is 0 Å². The molecule has 0 saturated carbocycles. The van der Waals surface area contributed by atoms with Crippen molar-refractivity contribution in [2.24, 2.45) is 5.92 Å². The summed E-state index contributed by atoms with van der Waals surface area (Å²) in [6, 6.07) is 0. The second kappa shape index (κ2) is 6.61. The molecule has 96 valence electrons. The summed E-state index contributed by atoms with van der Waals surface area (Å²) in [7, 11) is 2.07. The highest BCUT2D eigenvalue weighted by Crippen LogP contribution is 2.22. The predicted molar refractivity (Wildman–Crippen MR) is 71.8 cm³/mol. The fraction of sp³-hybridized carbons (Fsp3) is 1.00. The van der Waals surface area contributed by atoms with Crippen LogP contribution < -0.4 is 5.32 Å². The zero-order valence-corrected chi connectivity index (χ0v) is 11.7. The monoisotopic (exact) mass is 226 g/mol. The Bertz CT molecular complexity index is 189. The third-order valence-electron chi connectivity index (χ3n) is 3.93. The summed E-state index contributed by atoms with van der Waals surface area (Å²) in [6.07, 6.45) is 7.04. The maximum atomic E-state index is 3.40. The number of rotatable bonds is 5. The van der Waals surface area contributed by atoms with Gasteiger partial charge in [-0.15, -0.1) is 0 Å². The summed E-state index contributed by atoms with van der Waals surface area (Å²) in [5.74, 6) is 0.993. The number of nitrogens with zero attached hydrogens (tertiary/aromatic N) is 1. The Morgan fingerprint density at radius 1 is 1.25 bits per heavy atom. The van der Waals surface area contributed by atoms with Gasteiger partial charge in [0.25, 0.3) is 0 Å². The topological polar surface area (TPSA) is 15.3 Å². The quantitative estimate of drug-likeness (QED) is 0.775. The smallest absolute Gasteiger partial charge is 0.0249 e. The van der Waals surface area contributed by atoms with E-state index < -0.39 is 0 Å². The van der Waals surface area contributed by atoms with Crippen LogP contribution in [0.4, 0.5) is 0 Å². The molecule has 0 aromatic rings. The standard InChI is InChI=1S/C14H30N2/c1-5-7-13-8-6-10-16(11-9-13)12-14(2,3)15-4/h13,15H,5-12H2,1-4H3. The van der Waals surface area contributed by atoms with Crippen LogP contribution in [0.5, 0.6) is 0 Å². The Kier molecular flexibility index (Phi) is 5.77. The molecule has 16 heavy (non-hydrogen) atoms. The lowest BCUT2D eigenvalue weighted by molar-refractivity contribution is 0.210. The Hall–Kier alpha value is -0.0800. The van der Waals surface area contributed by atoms with Crippen molar-refractivity contribution in [3.8, 4) is 0 Å². The minimum absolute atomic E-state index is 0.255. The molecule has 0 spiro atoms. The molecule has 0 aromatic heterocycles. The summed E-state index contributed by atoms with van der Waals surface area (Å²) in [5.41, 5.74) is 0.255. The Labute approximate surface area is 102 Å². The van der Waals surface area contributed by atoms with E-state index in [1.165, 1.54) is 51.7 Å². The molecule has 0 aliphatic carbocycles. The first-order valence-corrected chi connectivity index (χ1v) is 6.98. The molecular weight excluding hydrogens is 196 g/mol. The fourth-order valence-corrected chi connectivity index (χ4v) is 2.72. The first kappa shape index (κ1) is 14.0. The molecule has 1 atom stereocenters.